The van der Waals surface area contributed by atoms with Gasteiger partial charge in [0, 0.05) is 12.7 Å². The number of benzene rings is 3. The van der Waals surface area contributed by atoms with Gasteiger partial charge in [-0.3, -0.25) is 10.1 Å². The Morgan fingerprint density at radius 1 is 0.967 bits per heavy atom. The summed E-state index contributed by atoms with van der Waals surface area (Å²) < 4.78 is 2.06. The summed E-state index contributed by atoms with van der Waals surface area (Å²) in [5.74, 6) is 0.793. The zero-order chi connectivity index (χ0) is 21.1. The lowest BCUT2D eigenvalue weighted by Crippen LogP contribution is -2.33. The number of aromatic nitrogens is 2. The third-order valence-corrected chi connectivity index (χ3v) is 5.23. The number of rotatable bonds is 6. The molecule has 30 heavy (non-hydrogen) atoms. The van der Waals surface area contributed by atoms with Crippen molar-refractivity contribution >= 4 is 22.6 Å². The molecule has 3 aromatic carbocycles. The van der Waals surface area contributed by atoms with Crippen LogP contribution in [-0.4, -0.2) is 15.5 Å². The summed E-state index contributed by atoms with van der Waals surface area (Å²) in [7, 11) is 2.00. The summed E-state index contributed by atoms with van der Waals surface area (Å²) >= 11 is 0. The molecular formula is C25H26N4O. The summed E-state index contributed by atoms with van der Waals surface area (Å²) in [5, 5.41) is 6.48. The first-order valence-electron chi connectivity index (χ1n) is 10.1. The van der Waals surface area contributed by atoms with E-state index in [0.29, 0.717) is 6.54 Å². The van der Waals surface area contributed by atoms with Crippen molar-refractivity contribution in [3.05, 3.63) is 95.3 Å². The van der Waals surface area contributed by atoms with E-state index in [1.807, 2.05) is 87.6 Å². The maximum absolute atomic E-state index is 13.2. The number of hydrogen-bond acceptors (Lipinski definition) is 3. The molecule has 0 bridgehead atoms. The van der Waals surface area contributed by atoms with Gasteiger partial charge in [-0.15, -0.1) is 0 Å². The standard InChI is InChI=1S/C25H26N4O/c1-17-13-18(2)15-20(14-17)27-25(30)24(19-9-5-4-6-10-19)26-16-23-28-21-11-7-8-12-22(21)29(23)3/h4-15,24,26H,16H2,1-3H3,(H,27,30)/t24-/m1/s1. The van der Waals surface area contributed by atoms with Gasteiger partial charge in [-0.1, -0.05) is 48.5 Å². The van der Waals surface area contributed by atoms with Crippen LogP contribution in [0.15, 0.2) is 72.8 Å². The molecule has 1 heterocycles. The van der Waals surface area contributed by atoms with Gasteiger partial charge in [-0.05, 0) is 54.8 Å². The van der Waals surface area contributed by atoms with Crippen molar-refractivity contribution in [3.63, 3.8) is 0 Å². The molecule has 2 N–H and O–H groups in total. The van der Waals surface area contributed by atoms with Crippen molar-refractivity contribution < 1.29 is 4.79 Å². The number of para-hydroxylation sites is 2. The molecule has 1 amide bonds. The van der Waals surface area contributed by atoms with Crippen LogP contribution in [0.4, 0.5) is 5.69 Å². The zero-order valence-electron chi connectivity index (χ0n) is 17.5. The summed E-state index contributed by atoms with van der Waals surface area (Å²) in [5.41, 5.74) is 5.99. The van der Waals surface area contributed by atoms with Crippen LogP contribution in [0.25, 0.3) is 11.0 Å². The summed E-state index contributed by atoms with van der Waals surface area (Å²) in [4.78, 5) is 17.9. The van der Waals surface area contributed by atoms with E-state index in [1.165, 1.54) is 0 Å². The second-order valence-corrected chi connectivity index (χ2v) is 7.67. The number of nitrogens with one attached hydrogen (secondary N) is 2. The van der Waals surface area contributed by atoms with Gasteiger partial charge < -0.3 is 9.88 Å². The van der Waals surface area contributed by atoms with E-state index in [1.54, 1.807) is 0 Å². The van der Waals surface area contributed by atoms with Gasteiger partial charge in [-0.25, -0.2) is 4.98 Å². The fourth-order valence-electron chi connectivity index (χ4n) is 3.82. The fraction of sp³-hybridized carbons (Fsp3) is 0.200. The summed E-state index contributed by atoms with van der Waals surface area (Å²) in [6, 6.07) is 23.4. The summed E-state index contributed by atoms with van der Waals surface area (Å²) in [6.07, 6.45) is 0. The van der Waals surface area contributed by atoms with Gasteiger partial charge in [0.25, 0.3) is 0 Å². The molecule has 5 heteroatoms. The Balaban J connectivity index is 1.58. The van der Waals surface area contributed by atoms with E-state index in [-0.39, 0.29) is 5.91 Å². The Bertz CT molecular complexity index is 1160. The molecule has 0 saturated heterocycles. The quantitative estimate of drug-likeness (QED) is 0.497. The maximum Gasteiger partial charge on any atom is 0.246 e. The number of fused-ring (bicyclic) bond motifs is 1. The SMILES string of the molecule is Cc1cc(C)cc(NC(=O)[C@H](NCc2nc3ccccc3n2C)c2ccccc2)c1. The zero-order valence-corrected chi connectivity index (χ0v) is 17.5. The molecule has 0 saturated carbocycles. The molecule has 0 aliphatic heterocycles. The van der Waals surface area contributed by atoms with Crippen LogP contribution >= 0.6 is 0 Å². The van der Waals surface area contributed by atoms with E-state index in [0.717, 1.165) is 39.2 Å². The van der Waals surface area contributed by atoms with Crippen molar-refractivity contribution in [2.75, 3.05) is 5.32 Å². The molecule has 0 unspecified atom stereocenters. The number of carbonyl (C=O) groups is 1. The first-order valence-corrected chi connectivity index (χ1v) is 10.1. The van der Waals surface area contributed by atoms with Crippen LogP contribution < -0.4 is 10.6 Å². The van der Waals surface area contributed by atoms with E-state index >= 15 is 0 Å². The van der Waals surface area contributed by atoms with E-state index in [2.05, 4.69) is 21.3 Å². The Hall–Kier alpha value is -3.44. The third-order valence-electron chi connectivity index (χ3n) is 5.23. The van der Waals surface area contributed by atoms with Crippen LogP contribution in [0, 0.1) is 13.8 Å². The molecule has 1 aromatic heterocycles. The van der Waals surface area contributed by atoms with Gasteiger partial charge in [0.15, 0.2) is 0 Å². The van der Waals surface area contributed by atoms with E-state index in [4.69, 9.17) is 4.98 Å². The average molecular weight is 399 g/mol. The van der Waals surface area contributed by atoms with Crippen molar-refractivity contribution in [2.45, 2.75) is 26.4 Å². The molecule has 0 aliphatic carbocycles. The largest absolute Gasteiger partial charge is 0.330 e. The Morgan fingerprint density at radius 3 is 2.33 bits per heavy atom. The number of imidazole rings is 1. The first-order chi connectivity index (χ1) is 14.5. The van der Waals surface area contributed by atoms with Gasteiger partial charge in [0.05, 0.1) is 17.6 Å². The van der Waals surface area contributed by atoms with Gasteiger partial charge in [0.2, 0.25) is 5.91 Å². The molecule has 1 atom stereocenters. The number of hydrogen-bond donors (Lipinski definition) is 2. The predicted molar refractivity (Wildman–Crippen MR) is 121 cm³/mol. The number of carbonyl (C=O) groups excluding carboxylic acids is 1. The number of anilines is 1. The van der Waals surface area contributed by atoms with Crippen LogP contribution in [0.1, 0.15) is 28.6 Å². The lowest BCUT2D eigenvalue weighted by Gasteiger charge is -2.19. The number of aryl methyl sites for hydroxylation is 3. The lowest BCUT2D eigenvalue weighted by atomic mass is 10.1. The molecule has 0 fully saturated rings. The van der Waals surface area contributed by atoms with Gasteiger partial charge in [-0.2, -0.15) is 0 Å². The highest BCUT2D eigenvalue weighted by Gasteiger charge is 2.21. The molecule has 5 nitrogen and oxygen atoms in total. The molecule has 0 aliphatic rings. The summed E-state index contributed by atoms with van der Waals surface area (Å²) in [6.45, 7) is 4.54. The predicted octanol–water partition coefficient (Wildman–Crippen LogP) is 4.66. The van der Waals surface area contributed by atoms with E-state index < -0.39 is 6.04 Å². The monoisotopic (exact) mass is 398 g/mol. The number of nitrogens with zero attached hydrogens (tertiary/aromatic N) is 2. The minimum absolute atomic E-state index is 0.0926. The highest BCUT2D eigenvalue weighted by Crippen LogP contribution is 2.20. The van der Waals surface area contributed by atoms with Crippen LogP contribution in [-0.2, 0) is 18.4 Å². The Labute approximate surface area is 176 Å². The van der Waals surface area contributed by atoms with Crippen molar-refractivity contribution in [3.8, 4) is 0 Å². The minimum atomic E-state index is -0.494. The smallest absolute Gasteiger partial charge is 0.246 e. The second-order valence-electron chi connectivity index (χ2n) is 7.67. The topological polar surface area (TPSA) is 59.0 Å². The molecule has 0 radical (unpaired) electrons. The van der Waals surface area contributed by atoms with Crippen molar-refractivity contribution in [1.82, 2.24) is 14.9 Å². The first kappa shape index (κ1) is 19.9. The molecule has 4 aromatic rings. The molecular weight excluding hydrogens is 372 g/mol. The minimum Gasteiger partial charge on any atom is -0.330 e. The Morgan fingerprint density at radius 2 is 1.63 bits per heavy atom. The average Bonchev–Trinajstić information content (AvgIpc) is 3.04. The lowest BCUT2D eigenvalue weighted by molar-refractivity contribution is -0.118. The van der Waals surface area contributed by atoms with Gasteiger partial charge in [0.1, 0.15) is 11.9 Å². The molecule has 4 rings (SSSR count). The normalized spacial score (nSPS) is 12.1. The Kier molecular flexibility index (Phi) is 5.63. The van der Waals surface area contributed by atoms with E-state index in [9.17, 15) is 4.79 Å². The maximum atomic E-state index is 13.2. The molecule has 152 valence electrons. The number of amides is 1. The fourth-order valence-corrected chi connectivity index (χ4v) is 3.82. The molecule has 0 spiro atoms. The van der Waals surface area contributed by atoms with Crippen molar-refractivity contribution in [2.24, 2.45) is 7.05 Å². The van der Waals surface area contributed by atoms with Gasteiger partial charge >= 0.3 is 0 Å². The van der Waals surface area contributed by atoms with Crippen LogP contribution in [0.2, 0.25) is 0 Å². The highest BCUT2D eigenvalue weighted by atomic mass is 16.2. The van der Waals surface area contributed by atoms with Crippen LogP contribution in [0.5, 0.6) is 0 Å². The van der Waals surface area contributed by atoms with Crippen molar-refractivity contribution in [1.29, 1.82) is 0 Å². The second kappa shape index (κ2) is 8.51. The third kappa shape index (κ3) is 4.26. The highest BCUT2D eigenvalue weighted by molar-refractivity contribution is 5.95. The van der Waals surface area contributed by atoms with Crippen LogP contribution in [0.3, 0.4) is 0 Å².